The average molecular weight is 289 g/mol. The maximum absolute atomic E-state index is 11.8. The topological polar surface area (TPSA) is 44.4 Å². The van der Waals surface area contributed by atoms with Crippen LogP contribution in [0, 0.1) is 12.8 Å². The minimum Gasteiger partial charge on any atom is -0.325 e. The van der Waals surface area contributed by atoms with Crippen molar-refractivity contribution in [2.75, 3.05) is 38.0 Å². The van der Waals surface area contributed by atoms with E-state index >= 15 is 0 Å². The van der Waals surface area contributed by atoms with Gasteiger partial charge in [-0.2, -0.15) is 0 Å². The lowest BCUT2D eigenvalue weighted by atomic mass is 10.1. The van der Waals surface area contributed by atoms with Crippen LogP contribution in [0.25, 0.3) is 0 Å². The van der Waals surface area contributed by atoms with Gasteiger partial charge in [0.05, 0.1) is 6.54 Å². The molecule has 2 N–H and O–H groups in total. The first-order valence-corrected chi connectivity index (χ1v) is 7.93. The van der Waals surface area contributed by atoms with Crippen molar-refractivity contribution in [1.82, 2.24) is 10.2 Å². The van der Waals surface area contributed by atoms with E-state index in [1.165, 1.54) is 31.5 Å². The zero-order chi connectivity index (χ0) is 15.1. The molecule has 1 unspecified atom stereocenters. The van der Waals surface area contributed by atoms with Crippen molar-refractivity contribution >= 4 is 11.6 Å². The molecule has 0 radical (unpaired) electrons. The third-order valence-electron chi connectivity index (χ3n) is 3.88. The van der Waals surface area contributed by atoms with E-state index in [-0.39, 0.29) is 5.91 Å². The molecule has 1 aliphatic heterocycles. The van der Waals surface area contributed by atoms with Crippen LogP contribution in [-0.4, -0.2) is 43.5 Å². The Hall–Kier alpha value is -1.39. The summed E-state index contributed by atoms with van der Waals surface area (Å²) in [6.45, 7) is 9.14. The van der Waals surface area contributed by atoms with Crippen molar-refractivity contribution < 1.29 is 4.79 Å². The predicted molar refractivity (Wildman–Crippen MR) is 87.5 cm³/mol. The van der Waals surface area contributed by atoms with Gasteiger partial charge in [0.2, 0.25) is 5.91 Å². The number of likely N-dealkylation sites (tertiary alicyclic amines) is 1. The molecular formula is C17H27N3O. The van der Waals surface area contributed by atoms with Crippen molar-refractivity contribution in [2.45, 2.75) is 26.7 Å². The van der Waals surface area contributed by atoms with Gasteiger partial charge >= 0.3 is 0 Å². The van der Waals surface area contributed by atoms with E-state index in [4.69, 9.17) is 0 Å². The number of nitrogens with one attached hydrogen (secondary N) is 2. The molecule has 1 amide bonds. The standard InChI is InChI=1S/C17H27N3O/c1-14-5-7-16(8-6-14)19-17(21)12-18-11-15(2)13-20-9-3-4-10-20/h5-8,15,18H,3-4,9-13H2,1-2H3,(H,19,21). The molecule has 4 nitrogen and oxygen atoms in total. The number of hydrogen-bond donors (Lipinski definition) is 2. The highest BCUT2D eigenvalue weighted by molar-refractivity contribution is 5.92. The van der Waals surface area contributed by atoms with Crippen LogP contribution in [0.2, 0.25) is 0 Å². The Kier molecular flexibility index (Phi) is 6.21. The average Bonchev–Trinajstić information content (AvgIpc) is 2.94. The van der Waals surface area contributed by atoms with Crippen LogP contribution in [0.1, 0.15) is 25.3 Å². The first-order valence-electron chi connectivity index (χ1n) is 7.93. The molecule has 1 saturated heterocycles. The van der Waals surface area contributed by atoms with Gasteiger partial charge in [-0.15, -0.1) is 0 Å². The number of benzene rings is 1. The molecule has 0 aromatic heterocycles. The molecule has 0 bridgehead atoms. The van der Waals surface area contributed by atoms with Gasteiger partial charge < -0.3 is 15.5 Å². The molecule has 1 aromatic rings. The quantitative estimate of drug-likeness (QED) is 0.809. The molecule has 21 heavy (non-hydrogen) atoms. The number of rotatable bonds is 7. The second-order valence-corrected chi connectivity index (χ2v) is 6.16. The fourth-order valence-electron chi connectivity index (χ4n) is 2.74. The van der Waals surface area contributed by atoms with Crippen LogP contribution in [-0.2, 0) is 4.79 Å². The minimum absolute atomic E-state index is 0.0206. The Balaban J connectivity index is 1.61. The van der Waals surface area contributed by atoms with Gasteiger partial charge in [-0.05, 0) is 57.5 Å². The fourth-order valence-corrected chi connectivity index (χ4v) is 2.74. The maximum Gasteiger partial charge on any atom is 0.238 e. The highest BCUT2D eigenvalue weighted by Gasteiger charge is 2.14. The van der Waals surface area contributed by atoms with Crippen molar-refractivity contribution in [1.29, 1.82) is 0 Å². The number of anilines is 1. The number of hydrogen-bond acceptors (Lipinski definition) is 3. The molecule has 4 heteroatoms. The van der Waals surface area contributed by atoms with Crippen LogP contribution < -0.4 is 10.6 Å². The van der Waals surface area contributed by atoms with E-state index in [2.05, 4.69) is 22.5 Å². The Morgan fingerprint density at radius 2 is 1.90 bits per heavy atom. The van der Waals surface area contributed by atoms with Crippen molar-refractivity contribution in [3.63, 3.8) is 0 Å². The Morgan fingerprint density at radius 3 is 2.57 bits per heavy atom. The normalized spacial score (nSPS) is 16.9. The summed E-state index contributed by atoms with van der Waals surface area (Å²) in [6, 6.07) is 7.87. The number of aryl methyl sites for hydroxylation is 1. The first kappa shape index (κ1) is 16.0. The molecule has 0 saturated carbocycles. The number of nitrogens with zero attached hydrogens (tertiary/aromatic N) is 1. The number of carbonyl (C=O) groups excluding carboxylic acids is 1. The summed E-state index contributed by atoms with van der Waals surface area (Å²) < 4.78 is 0. The monoisotopic (exact) mass is 289 g/mol. The third kappa shape index (κ3) is 5.86. The second kappa shape index (κ2) is 8.15. The van der Waals surface area contributed by atoms with Gasteiger partial charge in [0.15, 0.2) is 0 Å². The lowest BCUT2D eigenvalue weighted by Gasteiger charge is -2.20. The Labute approximate surface area is 127 Å². The molecule has 1 aromatic carbocycles. The largest absolute Gasteiger partial charge is 0.325 e. The zero-order valence-electron chi connectivity index (χ0n) is 13.2. The van der Waals surface area contributed by atoms with E-state index in [1.54, 1.807) is 0 Å². The number of carbonyl (C=O) groups is 1. The molecule has 0 spiro atoms. The van der Waals surface area contributed by atoms with Gasteiger partial charge in [0.25, 0.3) is 0 Å². The van der Waals surface area contributed by atoms with Crippen molar-refractivity contribution in [3.05, 3.63) is 29.8 Å². The number of amides is 1. The molecular weight excluding hydrogens is 262 g/mol. The van der Waals surface area contributed by atoms with Gasteiger partial charge in [-0.25, -0.2) is 0 Å². The van der Waals surface area contributed by atoms with Crippen molar-refractivity contribution in [3.8, 4) is 0 Å². The minimum atomic E-state index is 0.0206. The van der Waals surface area contributed by atoms with E-state index in [1.807, 2.05) is 31.2 Å². The third-order valence-corrected chi connectivity index (χ3v) is 3.88. The first-order chi connectivity index (χ1) is 10.1. The Morgan fingerprint density at radius 1 is 1.24 bits per heavy atom. The molecule has 2 rings (SSSR count). The summed E-state index contributed by atoms with van der Waals surface area (Å²) in [7, 11) is 0. The molecule has 116 valence electrons. The van der Waals surface area contributed by atoms with Gasteiger partial charge in [-0.3, -0.25) is 4.79 Å². The van der Waals surface area contributed by atoms with E-state index in [9.17, 15) is 4.79 Å². The van der Waals surface area contributed by atoms with E-state index in [0.717, 1.165) is 18.8 Å². The SMILES string of the molecule is Cc1ccc(NC(=O)CNCC(C)CN2CCCC2)cc1. The molecule has 1 aliphatic rings. The van der Waals surface area contributed by atoms with Crippen molar-refractivity contribution in [2.24, 2.45) is 5.92 Å². The van der Waals surface area contributed by atoms with Crippen LogP contribution in [0.4, 0.5) is 5.69 Å². The lowest BCUT2D eigenvalue weighted by Crippen LogP contribution is -2.35. The molecule has 0 aliphatic carbocycles. The Bertz CT molecular complexity index is 438. The van der Waals surface area contributed by atoms with E-state index in [0.29, 0.717) is 12.5 Å². The molecule has 1 heterocycles. The van der Waals surface area contributed by atoms with Gasteiger partial charge in [-0.1, -0.05) is 24.6 Å². The fraction of sp³-hybridized carbons (Fsp3) is 0.588. The smallest absolute Gasteiger partial charge is 0.238 e. The van der Waals surface area contributed by atoms with Gasteiger partial charge in [0.1, 0.15) is 0 Å². The van der Waals surface area contributed by atoms with Crippen LogP contribution in [0.15, 0.2) is 24.3 Å². The maximum atomic E-state index is 11.8. The summed E-state index contributed by atoms with van der Waals surface area (Å²) in [5, 5.41) is 6.16. The van der Waals surface area contributed by atoms with E-state index < -0.39 is 0 Å². The predicted octanol–water partition coefficient (Wildman–Crippen LogP) is 2.26. The van der Waals surface area contributed by atoms with Crippen LogP contribution in [0.5, 0.6) is 0 Å². The van der Waals surface area contributed by atoms with Crippen LogP contribution in [0.3, 0.4) is 0 Å². The highest BCUT2D eigenvalue weighted by atomic mass is 16.1. The summed E-state index contributed by atoms with van der Waals surface area (Å²) >= 11 is 0. The summed E-state index contributed by atoms with van der Waals surface area (Å²) in [5.41, 5.74) is 2.05. The molecule has 1 fully saturated rings. The highest BCUT2D eigenvalue weighted by Crippen LogP contribution is 2.10. The lowest BCUT2D eigenvalue weighted by molar-refractivity contribution is -0.115. The van der Waals surface area contributed by atoms with Crippen LogP contribution >= 0.6 is 0 Å². The zero-order valence-corrected chi connectivity index (χ0v) is 13.2. The van der Waals surface area contributed by atoms with Gasteiger partial charge in [0, 0.05) is 12.2 Å². The molecule has 1 atom stereocenters. The summed E-state index contributed by atoms with van der Waals surface area (Å²) in [6.07, 6.45) is 2.66. The summed E-state index contributed by atoms with van der Waals surface area (Å²) in [5.74, 6) is 0.600. The second-order valence-electron chi connectivity index (χ2n) is 6.16. The summed E-state index contributed by atoms with van der Waals surface area (Å²) in [4.78, 5) is 14.4.